The van der Waals surface area contributed by atoms with E-state index in [1.807, 2.05) is 54.1 Å². The molecule has 0 amide bonds. The Morgan fingerprint density at radius 1 is 0.957 bits per heavy atom. The molecule has 0 saturated carbocycles. The summed E-state index contributed by atoms with van der Waals surface area (Å²) in [6.45, 7) is 8.10. The van der Waals surface area contributed by atoms with Crippen molar-refractivity contribution < 1.29 is 5.11 Å². The molecule has 0 aliphatic rings. The first-order chi connectivity index (χ1) is 10.9. The average Bonchev–Trinajstić information content (AvgIpc) is 2.84. The van der Waals surface area contributed by atoms with E-state index in [9.17, 15) is 5.11 Å². The van der Waals surface area contributed by atoms with Crippen molar-refractivity contribution in [3.8, 4) is 28.3 Å². The van der Waals surface area contributed by atoms with Gasteiger partial charge in [-0.15, -0.1) is 0 Å². The molecule has 0 unspecified atom stereocenters. The Morgan fingerprint density at radius 3 is 2.13 bits per heavy atom. The molecular formula is C19H21N3O. The van der Waals surface area contributed by atoms with Gasteiger partial charge >= 0.3 is 0 Å². The van der Waals surface area contributed by atoms with Crippen molar-refractivity contribution in [1.82, 2.24) is 14.8 Å². The van der Waals surface area contributed by atoms with Crippen molar-refractivity contribution in [3.63, 3.8) is 0 Å². The maximum atomic E-state index is 10.4. The van der Waals surface area contributed by atoms with Crippen LogP contribution in [0.4, 0.5) is 0 Å². The smallest absolute Gasteiger partial charge is 0.164 e. The van der Waals surface area contributed by atoms with Gasteiger partial charge in [-0.2, -0.15) is 5.10 Å². The molecule has 1 aromatic carbocycles. The predicted octanol–water partition coefficient (Wildman–Crippen LogP) is 4.38. The zero-order chi connectivity index (χ0) is 16.6. The Hall–Kier alpha value is -2.62. The lowest BCUT2D eigenvalue weighted by Gasteiger charge is -2.20. The number of aromatic nitrogens is 3. The summed E-state index contributed by atoms with van der Waals surface area (Å²) in [6, 6.07) is 13.8. The molecule has 0 bridgehead atoms. The van der Waals surface area contributed by atoms with Gasteiger partial charge < -0.3 is 5.11 Å². The Morgan fingerprint density at radius 2 is 1.61 bits per heavy atom. The number of pyridine rings is 1. The highest BCUT2D eigenvalue weighted by Crippen LogP contribution is 2.34. The van der Waals surface area contributed by atoms with Gasteiger partial charge in [0.2, 0.25) is 0 Å². The second kappa shape index (κ2) is 5.54. The van der Waals surface area contributed by atoms with Crippen LogP contribution in [0.3, 0.4) is 0 Å². The third-order valence-corrected chi connectivity index (χ3v) is 3.84. The molecule has 0 aliphatic heterocycles. The summed E-state index contributed by atoms with van der Waals surface area (Å²) >= 11 is 0. The summed E-state index contributed by atoms with van der Waals surface area (Å²) in [5.74, 6) is 0.241. The van der Waals surface area contributed by atoms with Crippen LogP contribution in [0.5, 0.6) is 5.75 Å². The highest BCUT2D eigenvalue weighted by molar-refractivity contribution is 5.70. The second-order valence-electron chi connectivity index (χ2n) is 6.66. The molecule has 4 heteroatoms. The SMILES string of the molecule is Cc1c(O)c(-c2ccc(-c3ccccn3)cc2)nn1C(C)(C)C. The van der Waals surface area contributed by atoms with E-state index in [2.05, 4.69) is 30.9 Å². The molecular weight excluding hydrogens is 286 g/mol. The van der Waals surface area contributed by atoms with Crippen LogP contribution in [0.25, 0.3) is 22.5 Å². The minimum Gasteiger partial charge on any atom is -0.504 e. The number of benzene rings is 1. The topological polar surface area (TPSA) is 50.9 Å². The van der Waals surface area contributed by atoms with E-state index >= 15 is 0 Å². The molecule has 4 nitrogen and oxygen atoms in total. The average molecular weight is 307 g/mol. The lowest BCUT2D eigenvalue weighted by molar-refractivity contribution is 0.345. The zero-order valence-electron chi connectivity index (χ0n) is 13.9. The molecule has 2 aromatic heterocycles. The molecule has 0 radical (unpaired) electrons. The fourth-order valence-electron chi connectivity index (χ4n) is 2.67. The van der Waals surface area contributed by atoms with E-state index in [0.29, 0.717) is 5.69 Å². The lowest BCUT2D eigenvalue weighted by atomic mass is 10.1. The quantitative estimate of drug-likeness (QED) is 0.764. The predicted molar refractivity (Wildman–Crippen MR) is 92.3 cm³/mol. The third-order valence-electron chi connectivity index (χ3n) is 3.84. The standard InChI is InChI=1S/C19H21N3O/c1-13-18(23)17(21-22(13)19(2,3)4)15-10-8-14(9-11-15)16-7-5-6-12-20-16/h5-12,23H,1-4H3. The van der Waals surface area contributed by atoms with Crippen LogP contribution in [0, 0.1) is 6.92 Å². The summed E-state index contributed by atoms with van der Waals surface area (Å²) < 4.78 is 1.87. The maximum absolute atomic E-state index is 10.4. The van der Waals surface area contributed by atoms with E-state index in [1.54, 1.807) is 6.20 Å². The molecule has 3 rings (SSSR count). The summed E-state index contributed by atoms with van der Waals surface area (Å²) in [7, 11) is 0. The number of nitrogens with zero attached hydrogens (tertiary/aromatic N) is 3. The van der Waals surface area contributed by atoms with Gasteiger partial charge in [-0.3, -0.25) is 9.67 Å². The molecule has 0 atom stereocenters. The van der Waals surface area contributed by atoms with Crippen LogP contribution in [0.2, 0.25) is 0 Å². The minimum absolute atomic E-state index is 0.173. The molecule has 0 spiro atoms. The first-order valence-electron chi connectivity index (χ1n) is 7.69. The van der Waals surface area contributed by atoms with Crippen LogP contribution in [-0.2, 0) is 5.54 Å². The van der Waals surface area contributed by atoms with Gasteiger partial charge in [0, 0.05) is 17.3 Å². The fraction of sp³-hybridized carbons (Fsp3) is 0.263. The number of aromatic hydroxyl groups is 1. The van der Waals surface area contributed by atoms with Crippen LogP contribution in [0.15, 0.2) is 48.7 Å². The molecule has 0 aliphatic carbocycles. The molecule has 0 saturated heterocycles. The molecule has 118 valence electrons. The van der Waals surface area contributed by atoms with E-state index < -0.39 is 0 Å². The number of hydrogen-bond donors (Lipinski definition) is 1. The van der Waals surface area contributed by atoms with Crippen molar-refractivity contribution in [2.75, 3.05) is 0 Å². The van der Waals surface area contributed by atoms with Gasteiger partial charge in [-0.25, -0.2) is 0 Å². The monoisotopic (exact) mass is 307 g/mol. The zero-order valence-corrected chi connectivity index (χ0v) is 13.9. The fourth-order valence-corrected chi connectivity index (χ4v) is 2.67. The van der Waals surface area contributed by atoms with Crippen LogP contribution >= 0.6 is 0 Å². The van der Waals surface area contributed by atoms with Gasteiger partial charge in [0.1, 0.15) is 5.69 Å². The van der Waals surface area contributed by atoms with E-state index in [-0.39, 0.29) is 11.3 Å². The highest BCUT2D eigenvalue weighted by atomic mass is 16.3. The molecule has 3 aromatic rings. The number of rotatable bonds is 2. The Kier molecular flexibility index (Phi) is 3.68. The summed E-state index contributed by atoms with van der Waals surface area (Å²) in [5.41, 5.74) is 4.09. The first-order valence-corrected chi connectivity index (χ1v) is 7.69. The normalized spacial score (nSPS) is 11.7. The van der Waals surface area contributed by atoms with E-state index in [0.717, 1.165) is 22.5 Å². The van der Waals surface area contributed by atoms with Crippen molar-refractivity contribution in [3.05, 3.63) is 54.4 Å². The first kappa shape index (κ1) is 15.3. The summed E-state index contributed by atoms with van der Waals surface area (Å²) in [4.78, 5) is 4.35. The summed E-state index contributed by atoms with van der Waals surface area (Å²) in [6.07, 6.45) is 1.78. The summed E-state index contributed by atoms with van der Waals surface area (Å²) in [5, 5.41) is 15.0. The van der Waals surface area contributed by atoms with Gasteiger partial charge in [0.15, 0.2) is 5.75 Å². The maximum Gasteiger partial charge on any atom is 0.164 e. The van der Waals surface area contributed by atoms with Crippen molar-refractivity contribution in [2.45, 2.75) is 33.2 Å². The van der Waals surface area contributed by atoms with Gasteiger partial charge in [0.25, 0.3) is 0 Å². The van der Waals surface area contributed by atoms with E-state index in [4.69, 9.17) is 0 Å². The van der Waals surface area contributed by atoms with Crippen LogP contribution in [-0.4, -0.2) is 19.9 Å². The van der Waals surface area contributed by atoms with Gasteiger partial charge in [-0.1, -0.05) is 30.3 Å². The minimum atomic E-state index is -0.173. The Bertz CT molecular complexity index is 812. The molecule has 1 N–H and O–H groups in total. The highest BCUT2D eigenvalue weighted by Gasteiger charge is 2.22. The number of hydrogen-bond acceptors (Lipinski definition) is 3. The molecule has 23 heavy (non-hydrogen) atoms. The van der Waals surface area contributed by atoms with Crippen molar-refractivity contribution in [2.24, 2.45) is 0 Å². The molecule has 2 heterocycles. The lowest BCUT2D eigenvalue weighted by Crippen LogP contribution is -2.24. The molecule has 0 fully saturated rings. The largest absolute Gasteiger partial charge is 0.504 e. The third kappa shape index (κ3) is 2.84. The van der Waals surface area contributed by atoms with Crippen molar-refractivity contribution in [1.29, 1.82) is 0 Å². The Balaban J connectivity index is 2.01. The van der Waals surface area contributed by atoms with Gasteiger partial charge in [0.05, 0.1) is 16.9 Å². The van der Waals surface area contributed by atoms with Gasteiger partial charge in [-0.05, 0) is 39.8 Å². The van der Waals surface area contributed by atoms with Crippen molar-refractivity contribution >= 4 is 0 Å². The second-order valence-corrected chi connectivity index (χ2v) is 6.66. The Labute approximate surface area is 136 Å². The van der Waals surface area contributed by atoms with E-state index in [1.165, 1.54) is 0 Å². The van der Waals surface area contributed by atoms with Crippen LogP contribution in [0.1, 0.15) is 26.5 Å². The van der Waals surface area contributed by atoms with Crippen LogP contribution < -0.4 is 0 Å².